The van der Waals surface area contributed by atoms with Crippen LogP contribution in [0.5, 0.6) is 0 Å². The minimum absolute atomic E-state index is 0.00841. The molecule has 1 saturated heterocycles. The smallest absolute Gasteiger partial charge is 0.339 e. The van der Waals surface area contributed by atoms with Gasteiger partial charge in [0.1, 0.15) is 17.1 Å². The van der Waals surface area contributed by atoms with Crippen LogP contribution in [0.25, 0.3) is 0 Å². The average Bonchev–Trinajstić information content (AvgIpc) is 3.02. The van der Waals surface area contributed by atoms with Crippen LogP contribution in [0.1, 0.15) is 54.5 Å². The van der Waals surface area contributed by atoms with Gasteiger partial charge in [-0.3, -0.25) is 4.79 Å². The molecule has 2 rings (SSSR count). The van der Waals surface area contributed by atoms with Crippen LogP contribution in [0, 0.1) is 6.92 Å². The Kier molecular flexibility index (Phi) is 5.24. The normalized spacial score (nSPS) is 21.0. The molecule has 1 fully saturated rings. The Hall–Kier alpha value is -1.82. The summed E-state index contributed by atoms with van der Waals surface area (Å²) >= 11 is 0. The number of hydrogen-bond acceptors (Lipinski definition) is 4. The fraction of sp³-hybridized carbons (Fsp3) is 0.625. The molecule has 0 saturated carbocycles. The van der Waals surface area contributed by atoms with E-state index in [1.165, 1.54) is 6.07 Å². The van der Waals surface area contributed by atoms with Crippen molar-refractivity contribution in [1.82, 2.24) is 4.90 Å². The van der Waals surface area contributed by atoms with Crippen LogP contribution in [0.3, 0.4) is 0 Å². The van der Waals surface area contributed by atoms with E-state index in [-0.39, 0.29) is 24.1 Å². The molecule has 6 heteroatoms. The zero-order valence-corrected chi connectivity index (χ0v) is 13.3. The number of aromatic carboxylic acids is 1. The predicted octanol–water partition coefficient (Wildman–Crippen LogP) is 2.59. The van der Waals surface area contributed by atoms with Gasteiger partial charge in [0.25, 0.3) is 0 Å². The molecule has 2 atom stereocenters. The molecule has 0 radical (unpaired) electrons. The van der Waals surface area contributed by atoms with Crippen LogP contribution < -0.4 is 0 Å². The number of carbonyl (C=O) groups is 2. The van der Waals surface area contributed by atoms with Gasteiger partial charge in [0.05, 0.1) is 18.8 Å². The fourth-order valence-electron chi connectivity index (χ4n) is 2.73. The molecule has 0 unspecified atom stereocenters. The lowest BCUT2D eigenvalue weighted by molar-refractivity contribution is -0.131. The van der Waals surface area contributed by atoms with Gasteiger partial charge in [-0.2, -0.15) is 0 Å². The molecule has 1 amide bonds. The molecule has 122 valence electrons. The SMILES string of the molecule is Cc1oc(CN(C)C(=O)CC[C@H]2CC[C@H](C)O2)cc1C(=O)O. The van der Waals surface area contributed by atoms with Crippen molar-refractivity contribution in [2.75, 3.05) is 7.05 Å². The summed E-state index contributed by atoms with van der Waals surface area (Å²) in [7, 11) is 1.69. The highest BCUT2D eigenvalue weighted by atomic mass is 16.5. The lowest BCUT2D eigenvalue weighted by Gasteiger charge is -2.17. The molecule has 1 aliphatic heterocycles. The third kappa shape index (κ3) is 4.10. The highest BCUT2D eigenvalue weighted by Gasteiger charge is 2.23. The van der Waals surface area contributed by atoms with E-state index >= 15 is 0 Å². The first-order chi connectivity index (χ1) is 10.4. The van der Waals surface area contributed by atoms with Crippen molar-refractivity contribution >= 4 is 11.9 Å². The molecule has 1 aromatic heterocycles. The van der Waals surface area contributed by atoms with Crippen LogP contribution in [0.4, 0.5) is 0 Å². The first kappa shape index (κ1) is 16.5. The van der Waals surface area contributed by atoms with Gasteiger partial charge in [0.2, 0.25) is 5.91 Å². The maximum Gasteiger partial charge on any atom is 0.339 e. The van der Waals surface area contributed by atoms with Gasteiger partial charge in [-0.15, -0.1) is 0 Å². The van der Waals surface area contributed by atoms with E-state index in [9.17, 15) is 9.59 Å². The average molecular weight is 309 g/mol. The van der Waals surface area contributed by atoms with E-state index in [1.807, 2.05) is 6.92 Å². The minimum atomic E-state index is -1.02. The Bertz CT molecular complexity index is 551. The van der Waals surface area contributed by atoms with Crippen LogP contribution in [-0.4, -0.2) is 41.1 Å². The Morgan fingerprint density at radius 2 is 2.14 bits per heavy atom. The summed E-state index contributed by atoms with van der Waals surface area (Å²) in [6, 6.07) is 1.48. The standard InChI is InChI=1S/C16H23NO5/c1-10-4-5-12(21-10)6-7-15(18)17(3)9-13-8-14(16(19)20)11(2)22-13/h8,10,12H,4-7,9H2,1-3H3,(H,19,20)/t10-,12+/m0/s1. The number of ether oxygens (including phenoxy) is 1. The summed E-state index contributed by atoms with van der Waals surface area (Å²) in [5.74, 6) is -0.170. The largest absolute Gasteiger partial charge is 0.478 e. The van der Waals surface area contributed by atoms with Gasteiger partial charge in [-0.1, -0.05) is 0 Å². The molecule has 1 N–H and O–H groups in total. The first-order valence-electron chi connectivity index (χ1n) is 7.59. The zero-order valence-electron chi connectivity index (χ0n) is 13.3. The van der Waals surface area contributed by atoms with Crippen LogP contribution in [0.2, 0.25) is 0 Å². The number of carboxylic acid groups (broad SMARTS) is 1. The summed E-state index contributed by atoms with van der Waals surface area (Å²) in [6.45, 7) is 3.93. The minimum Gasteiger partial charge on any atom is -0.478 e. The third-order valence-electron chi connectivity index (χ3n) is 4.02. The van der Waals surface area contributed by atoms with E-state index < -0.39 is 5.97 Å². The Morgan fingerprint density at radius 1 is 1.41 bits per heavy atom. The highest BCUT2D eigenvalue weighted by Crippen LogP contribution is 2.23. The van der Waals surface area contributed by atoms with E-state index in [2.05, 4.69) is 0 Å². The Balaban J connectivity index is 1.83. The first-order valence-corrected chi connectivity index (χ1v) is 7.59. The maximum absolute atomic E-state index is 12.1. The van der Waals surface area contributed by atoms with Crippen LogP contribution in [-0.2, 0) is 16.1 Å². The van der Waals surface area contributed by atoms with Crippen LogP contribution in [0.15, 0.2) is 10.5 Å². The summed E-state index contributed by atoms with van der Waals surface area (Å²) in [4.78, 5) is 24.7. The molecule has 0 aliphatic carbocycles. The molecular formula is C16H23NO5. The van der Waals surface area contributed by atoms with Gasteiger partial charge in [0, 0.05) is 13.5 Å². The Labute approximate surface area is 130 Å². The van der Waals surface area contributed by atoms with Crippen molar-refractivity contribution in [2.24, 2.45) is 0 Å². The summed E-state index contributed by atoms with van der Waals surface area (Å²) in [6.07, 6.45) is 3.69. The number of amides is 1. The van der Waals surface area contributed by atoms with Crippen molar-refractivity contribution in [1.29, 1.82) is 0 Å². The fourth-order valence-corrected chi connectivity index (χ4v) is 2.73. The zero-order chi connectivity index (χ0) is 16.3. The molecule has 22 heavy (non-hydrogen) atoms. The number of carboxylic acids is 1. The number of furan rings is 1. The van der Waals surface area contributed by atoms with E-state index in [1.54, 1.807) is 18.9 Å². The summed E-state index contributed by atoms with van der Waals surface area (Å²) in [5.41, 5.74) is 0.143. The number of rotatable bonds is 6. The van der Waals surface area contributed by atoms with E-state index in [0.717, 1.165) is 19.3 Å². The quantitative estimate of drug-likeness (QED) is 0.873. The van der Waals surface area contributed by atoms with Crippen molar-refractivity contribution in [3.8, 4) is 0 Å². The number of hydrogen-bond donors (Lipinski definition) is 1. The second-order valence-corrected chi connectivity index (χ2v) is 5.92. The Morgan fingerprint density at radius 3 is 2.68 bits per heavy atom. The second-order valence-electron chi connectivity index (χ2n) is 5.92. The van der Waals surface area contributed by atoms with Crippen molar-refractivity contribution in [3.05, 3.63) is 23.2 Å². The number of nitrogens with zero attached hydrogens (tertiary/aromatic N) is 1. The van der Waals surface area contributed by atoms with Crippen molar-refractivity contribution in [2.45, 2.75) is 58.3 Å². The molecule has 1 aliphatic rings. The van der Waals surface area contributed by atoms with Gasteiger partial charge in [-0.25, -0.2) is 4.79 Å². The molecule has 0 aromatic carbocycles. The molecule has 1 aromatic rings. The van der Waals surface area contributed by atoms with Gasteiger partial charge in [0.15, 0.2) is 0 Å². The predicted molar refractivity (Wildman–Crippen MR) is 79.7 cm³/mol. The molecular weight excluding hydrogens is 286 g/mol. The lowest BCUT2D eigenvalue weighted by atomic mass is 10.1. The maximum atomic E-state index is 12.1. The van der Waals surface area contributed by atoms with Gasteiger partial charge >= 0.3 is 5.97 Å². The monoisotopic (exact) mass is 309 g/mol. The van der Waals surface area contributed by atoms with Gasteiger partial charge < -0.3 is 19.2 Å². The van der Waals surface area contributed by atoms with E-state index in [0.29, 0.717) is 24.0 Å². The van der Waals surface area contributed by atoms with Crippen molar-refractivity contribution in [3.63, 3.8) is 0 Å². The third-order valence-corrected chi connectivity index (χ3v) is 4.02. The highest BCUT2D eigenvalue weighted by molar-refractivity contribution is 5.88. The summed E-state index contributed by atoms with van der Waals surface area (Å²) in [5, 5.41) is 8.99. The van der Waals surface area contributed by atoms with Crippen molar-refractivity contribution < 1.29 is 23.8 Å². The lowest BCUT2D eigenvalue weighted by Crippen LogP contribution is -2.26. The number of carbonyl (C=O) groups excluding carboxylic acids is 1. The number of aryl methyl sites for hydroxylation is 1. The topological polar surface area (TPSA) is 80.0 Å². The molecule has 0 spiro atoms. The second kappa shape index (κ2) is 6.96. The van der Waals surface area contributed by atoms with Crippen LogP contribution >= 0.6 is 0 Å². The van der Waals surface area contributed by atoms with Gasteiger partial charge in [-0.05, 0) is 39.2 Å². The summed E-state index contributed by atoms with van der Waals surface area (Å²) < 4.78 is 11.1. The van der Waals surface area contributed by atoms with E-state index in [4.69, 9.17) is 14.3 Å². The molecule has 0 bridgehead atoms. The molecule has 2 heterocycles. The molecule has 6 nitrogen and oxygen atoms in total.